The van der Waals surface area contributed by atoms with E-state index in [0.29, 0.717) is 0 Å². The molecule has 1 aromatic carbocycles. The zero-order valence-electron chi connectivity index (χ0n) is 13.3. The first kappa shape index (κ1) is 19.4. The fraction of sp³-hybridized carbons (Fsp3) is 0.400. The van der Waals surface area contributed by atoms with Crippen molar-refractivity contribution in [3.8, 4) is 0 Å². The second-order valence-electron chi connectivity index (χ2n) is 5.53. The molecule has 0 saturated carbocycles. The fourth-order valence-corrected chi connectivity index (χ4v) is 2.30. The summed E-state index contributed by atoms with van der Waals surface area (Å²) in [6.45, 7) is 3.56. The lowest BCUT2D eigenvalue weighted by Gasteiger charge is -2.11. The van der Waals surface area contributed by atoms with Gasteiger partial charge in [0.15, 0.2) is 12.1 Å². The summed E-state index contributed by atoms with van der Waals surface area (Å²) in [7, 11) is 0. The number of nitrogens with zero attached hydrogens (tertiary/aromatic N) is 2. The Labute approximate surface area is 149 Å². The van der Waals surface area contributed by atoms with Crippen molar-refractivity contribution in [1.29, 1.82) is 0 Å². The molecule has 0 saturated heterocycles. The first-order chi connectivity index (χ1) is 11.6. The number of halogens is 4. The van der Waals surface area contributed by atoms with E-state index in [-0.39, 0.29) is 28.5 Å². The second-order valence-corrected chi connectivity index (χ2v) is 6.09. The number of aromatic nitrogens is 2. The summed E-state index contributed by atoms with van der Waals surface area (Å²) in [4.78, 5) is 11.6. The highest BCUT2D eigenvalue weighted by molar-refractivity contribution is 9.09. The minimum Gasteiger partial charge on any atom is -0.377 e. The number of carbonyl (C=O) groups is 1. The van der Waals surface area contributed by atoms with Gasteiger partial charge in [-0.2, -0.15) is 13.2 Å². The Hall–Kier alpha value is -1.94. The molecular formula is C15H16BrF3N3O3+. The van der Waals surface area contributed by atoms with Gasteiger partial charge in [-0.15, -0.1) is 0 Å². The summed E-state index contributed by atoms with van der Waals surface area (Å²) in [5, 5.41) is 16.8. The highest BCUT2D eigenvalue weighted by atomic mass is 79.9. The van der Waals surface area contributed by atoms with E-state index in [1.54, 1.807) is 13.8 Å². The standard InChI is InChI=1S/C15H15BrF3N3O3/c1-8(2)22-12(14(25-21-22)20-11(23)7-16)13(24)9-3-5-10(6-4-9)15(17,18)19/h3-6,8,13,24H,7H2,1-2H3/p+1. The summed E-state index contributed by atoms with van der Waals surface area (Å²) in [6.07, 6.45) is -5.80. The van der Waals surface area contributed by atoms with Crippen molar-refractivity contribution in [3.05, 3.63) is 41.1 Å². The topological polar surface area (TPSA) is 79.2 Å². The van der Waals surface area contributed by atoms with Crippen molar-refractivity contribution in [2.75, 3.05) is 10.6 Å². The molecule has 25 heavy (non-hydrogen) atoms. The molecule has 0 radical (unpaired) electrons. The van der Waals surface area contributed by atoms with Gasteiger partial charge in [0.2, 0.25) is 11.2 Å². The Bertz CT molecular complexity index is 745. The molecule has 0 fully saturated rings. The van der Waals surface area contributed by atoms with Crippen LogP contribution in [0, 0.1) is 0 Å². The molecular weight excluding hydrogens is 407 g/mol. The zero-order chi connectivity index (χ0) is 18.8. The third-order valence-electron chi connectivity index (χ3n) is 3.38. The number of benzene rings is 1. The minimum absolute atomic E-state index is 0.00515. The van der Waals surface area contributed by atoms with Gasteiger partial charge in [-0.1, -0.05) is 28.1 Å². The Balaban J connectivity index is 2.41. The lowest BCUT2D eigenvalue weighted by atomic mass is 10.0. The van der Waals surface area contributed by atoms with Crippen molar-refractivity contribution >= 4 is 27.7 Å². The van der Waals surface area contributed by atoms with Crippen LogP contribution in [-0.4, -0.2) is 21.6 Å². The molecule has 0 aliphatic rings. The van der Waals surface area contributed by atoms with Gasteiger partial charge in [-0.3, -0.25) is 14.6 Å². The number of alkyl halides is 4. The summed E-state index contributed by atoms with van der Waals surface area (Å²) >= 11 is 2.99. The van der Waals surface area contributed by atoms with E-state index in [9.17, 15) is 23.1 Å². The van der Waals surface area contributed by atoms with E-state index >= 15 is 0 Å². The SMILES string of the molecule is CC(C)[n+]1noc(NC(=O)CBr)c1C(O)c1ccc(C(F)(F)F)cc1. The Morgan fingerprint density at radius 2 is 1.96 bits per heavy atom. The van der Waals surface area contributed by atoms with Crippen LogP contribution in [0.2, 0.25) is 0 Å². The number of amides is 1. The highest BCUT2D eigenvalue weighted by Crippen LogP contribution is 2.32. The lowest BCUT2D eigenvalue weighted by Crippen LogP contribution is -2.43. The van der Waals surface area contributed by atoms with Crippen LogP contribution >= 0.6 is 15.9 Å². The molecule has 0 spiro atoms. The predicted octanol–water partition coefficient (Wildman–Crippen LogP) is 2.98. The molecule has 2 N–H and O–H groups in total. The molecule has 1 amide bonds. The Morgan fingerprint density at radius 3 is 2.44 bits per heavy atom. The molecule has 1 aromatic heterocycles. The van der Waals surface area contributed by atoms with Crippen LogP contribution in [0.25, 0.3) is 0 Å². The summed E-state index contributed by atoms with van der Waals surface area (Å²) in [6, 6.07) is 3.88. The van der Waals surface area contributed by atoms with Crippen LogP contribution in [0.15, 0.2) is 28.8 Å². The van der Waals surface area contributed by atoms with Crippen LogP contribution in [0.5, 0.6) is 0 Å². The number of aliphatic hydroxyl groups is 1. The molecule has 6 nitrogen and oxygen atoms in total. The van der Waals surface area contributed by atoms with Gasteiger partial charge in [0.1, 0.15) is 0 Å². The zero-order valence-corrected chi connectivity index (χ0v) is 14.9. The average molecular weight is 423 g/mol. The summed E-state index contributed by atoms with van der Waals surface area (Å²) in [5.41, 5.74) is -0.470. The molecule has 0 aliphatic heterocycles. The van der Waals surface area contributed by atoms with Gasteiger partial charge < -0.3 is 5.11 Å². The third-order valence-corrected chi connectivity index (χ3v) is 3.89. The maximum atomic E-state index is 12.7. The van der Waals surface area contributed by atoms with Crippen LogP contribution in [0.4, 0.5) is 19.1 Å². The molecule has 1 unspecified atom stereocenters. The maximum Gasteiger partial charge on any atom is 0.416 e. The highest BCUT2D eigenvalue weighted by Gasteiger charge is 2.36. The number of hydrogen-bond donors (Lipinski definition) is 2. The summed E-state index contributed by atoms with van der Waals surface area (Å²) in [5.74, 6) is -0.488. The normalized spacial score (nSPS) is 13.1. The fourth-order valence-electron chi connectivity index (χ4n) is 2.16. The van der Waals surface area contributed by atoms with Gasteiger partial charge in [-0.25, -0.2) is 0 Å². The predicted molar refractivity (Wildman–Crippen MR) is 85.0 cm³/mol. The van der Waals surface area contributed by atoms with Crippen LogP contribution in [0.3, 0.4) is 0 Å². The number of aliphatic hydroxyl groups excluding tert-OH is 1. The monoisotopic (exact) mass is 422 g/mol. The number of nitrogens with one attached hydrogen (secondary N) is 1. The van der Waals surface area contributed by atoms with E-state index in [1.807, 2.05) is 0 Å². The second kappa shape index (κ2) is 7.52. The number of carbonyl (C=O) groups excluding carboxylic acids is 1. The van der Waals surface area contributed by atoms with Crippen molar-refractivity contribution < 1.29 is 32.3 Å². The van der Waals surface area contributed by atoms with Gasteiger partial charge in [0.25, 0.3) is 0 Å². The molecule has 0 bridgehead atoms. The number of hydrogen-bond acceptors (Lipinski definition) is 4. The van der Waals surface area contributed by atoms with Gasteiger partial charge in [0.05, 0.1) is 10.9 Å². The molecule has 0 aliphatic carbocycles. The maximum absolute atomic E-state index is 12.7. The number of rotatable bonds is 5. The van der Waals surface area contributed by atoms with Crippen molar-refractivity contribution in [2.45, 2.75) is 32.2 Å². The quantitative estimate of drug-likeness (QED) is 0.573. The first-order valence-electron chi connectivity index (χ1n) is 7.27. The molecule has 2 aromatic rings. The van der Waals surface area contributed by atoms with Crippen LogP contribution in [0.1, 0.15) is 42.8 Å². The Kier molecular flexibility index (Phi) is 5.83. The van der Waals surface area contributed by atoms with Gasteiger partial charge in [-0.05, 0) is 22.4 Å². The average Bonchev–Trinajstić information content (AvgIpc) is 2.97. The summed E-state index contributed by atoms with van der Waals surface area (Å²) < 4.78 is 44.4. The first-order valence-corrected chi connectivity index (χ1v) is 8.39. The van der Waals surface area contributed by atoms with E-state index < -0.39 is 23.8 Å². The molecule has 2 rings (SSSR count). The van der Waals surface area contributed by atoms with Crippen molar-refractivity contribution in [3.63, 3.8) is 0 Å². The van der Waals surface area contributed by atoms with E-state index in [1.165, 1.54) is 16.8 Å². The lowest BCUT2D eigenvalue weighted by molar-refractivity contribution is -0.787. The molecule has 136 valence electrons. The Morgan fingerprint density at radius 1 is 1.36 bits per heavy atom. The molecule has 10 heteroatoms. The molecule has 1 heterocycles. The molecule has 1 atom stereocenters. The van der Waals surface area contributed by atoms with Crippen molar-refractivity contribution in [1.82, 2.24) is 5.27 Å². The van der Waals surface area contributed by atoms with Crippen LogP contribution in [-0.2, 0) is 11.0 Å². The van der Waals surface area contributed by atoms with E-state index in [4.69, 9.17) is 4.52 Å². The third kappa shape index (κ3) is 4.37. The van der Waals surface area contributed by atoms with Gasteiger partial charge in [0, 0.05) is 13.8 Å². The van der Waals surface area contributed by atoms with Crippen LogP contribution < -0.4 is 10.00 Å². The van der Waals surface area contributed by atoms with Crippen molar-refractivity contribution in [2.24, 2.45) is 0 Å². The van der Waals surface area contributed by atoms with Gasteiger partial charge >= 0.3 is 17.8 Å². The minimum atomic E-state index is -4.46. The smallest absolute Gasteiger partial charge is 0.377 e. The van der Waals surface area contributed by atoms with E-state index in [2.05, 4.69) is 26.5 Å². The number of anilines is 1. The largest absolute Gasteiger partial charge is 0.416 e. The van der Waals surface area contributed by atoms with E-state index in [0.717, 1.165) is 12.1 Å².